The first-order chi connectivity index (χ1) is 6.11. The van der Waals surface area contributed by atoms with Crippen molar-refractivity contribution >= 4 is 33.5 Å². The molecule has 0 bridgehead atoms. The van der Waals surface area contributed by atoms with Crippen LogP contribution in [0.3, 0.4) is 0 Å². The van der Waals surface area contributed by atoms with Crippen molar-refractivity contribution in [3.63, 3.8) is 0 Å². The van der Waals surface area contributed by atoms with E-state index in [4.69, 9.17) is 0 Å². The van der Waals surface area contributed by atoms with Gasteiger partial charge in [-0.25, -0.2) is 4.39 Å². The molecule has 0 atom stereocenters. The second-order valence-electron chi connectivity index (χ2n) is 2.76. The van der Waals surface area contributed by atoms with E-state index in [1.165, 1.54) is 4.68 Å². The Hall–Kier alpha value is -0.850. The highest BCUT2D eigenvalue weighted by molar-refractivity contribution is 14.1. The van der Waals surface area contributed by atoms with Crippen molar-refractivity contribution in [3.05, 3.63) is 31.9 Å². The van der Waals surface area contributed by atoms with Gasteiger partial charge in [0.05, 0.1) is 5.52 Å². The number of benzene rings is 1. The van der Waals surface area contributed by atoms with Gasteiger partial charge in [0.1, 0.15) is 5.39 Å². The number of fused-ring (bicyclic) bond motifs is 1. The summed E-state index contributed by atoms with van der Waals surface area (Å²) in [7, 11) is 1.56. The maximum Gasteiger partial charge on any atom is 0.277 e. The zero-order chi connectivity index (χ0) is 9.59. The van der Waals surface area contributed by atoms with Crippen molar-refractivity contribution < 1.29 is 4.39 Å². The summed E-state index contributed by atoms with van der Waals surface area (Å²) in [6.45, 7) is 0. The van der Waals surface area contributed by atoms with Gasteiger partial charge in [0.2, 0.25) is 0 Å². The lowest BCUT2D eigenvalue weighted by Crippen LogP contribution is -2.12. The summed E-state index contributed by atoms with van der Waals surface area (Å²) in [5.41, 5.74) is 0.205. The number of nitrogens with one attached hydrogen (secondary N) is 1. The highest BCUT2D eigenvalue weighted by atomic mass is 127. The number of nitrogens with zero attached hydrogens (tertiary/aromatic N) is 1. The van der Waals surface area contributed by atoms with Crippen LogP contribution in [0.4, 0.5) is 4.39 Å². The predicted molar refractivity (Wildman–Crippen MR) is 56.2 cm³/mol. The lowest BCUT2D eigenvalue weighted by Gasteiger charge is -1.92. The second-order valence-corrected chi connectivity index (χ2v) is 3.92. The highest BCUT2D eigenvalue weighted by Gasteiger charge is 2.11. The van der Waals surface area contributed by atoms with Crippen molar-refractivity contribution in [2.24, 2.45) is 7.05 Å². The lowest BCUT2D eigenvalue weighted by atomic mass is 10.2. The molecule has 0 aliphatic rings. The van der Waals surface area contributed by atoms with Crippen molar-refractivity contribution in [3.8, 4) is 0 Å². The average molecular weight is 292 g/mol. The summed E-state index contributed by atoms with van der Waals surface area (Å²) >= 11 is 1.86. The zero-order valence-corrected chi connectivity index (χ0v) is 8.92. The van der Waals surface area contributed by atoms with Crippen LogP contribution in [0.25, 0.3) is 10.9 Å². The molecular weight excluding hydrogens is 286 g/mol. The Bertz CT molecular complexity index is 529. The molecule has 0 radical (unpaired) electrons. The molecular formula is C8H6FIN2O. The van der Waals surface area contributed by atoms with Crippen LogP contribution in [-0.4, -0.2) is 9.78 Å². The van der Waals surface area contributed by atoms with Gasteiger partial charge < -0.3 is 0 Å². The van der Waals surface area contributed by atoms with E-state index in [2.05, 4.69) is 5.10 Å². The molecule has 0 saturated carbocycles. The molecule has 0 saturated heterocycles. The Labute approximate surface area is 86.7 Å². The summed E-state index contributed by atoms with van der Waals surface area (Å²) in [5.74, 6) is -0.444. The Morgan fingerprint density at radius 3 is 2.92 bits per heavy atom. The Kier molecular flexibility index (Phi) is 1.90. The normalized spacial score (nSPS) is 11.0. The minimum absolute atomic E-state index is 0.134. The smallest absolute Gasteiger partial charge is 0.277 e. The van der Waals surface area contributed by atoms with Gasteiger partial charge in [-0.05, 0) is 34.7 Å². The van der Waals surface area contributed by atoms with E-state index in [0.29, 0.717) is 9.09 Å². The second kappa shape index (κ2) is 2.83. The fraction of sp³-hybridized carbons (Fsp3) is 0.125. The van der Waals surface area contributed by atoms with Crippen LogP contribution in [0.5, 0.6) is 0 Å². The molecule has 5 heteroatoms. The topological polar surface area (TPSA) is 37.8 Å². The number of H-pyrrole nitrogens is 1. The summed E-state index contributed by atoms with van der Waals surface area (Å²) < 4.78 is 15.2. The highest BCUT2D eigenvalue weighted by Crippen LogP contribution is 2.17. The van der Waals surface area contributed by atoms with Crippen LogP contribution in [0.2, 0.25) is 0 Å². The van der Waals surface area contributed by atoms with E-state index in [1.807, 2.05) is 22.6 Å². The molecule has 0 aliphatic heterocycles. The van der Waals surface area contributed by atoms with Crippen LogP contribution in [0.15, 0.2) is 16.9 Å². The molecule has 2 aromatic rings. The predicted octanol–water partition coefficient (Wildman–Crippen LogP) is 1.61. The summed E-state index contributed by atoms with van der Waals surface area (Å²) in [6.07, 6.45) is 0. The third-order valence-corrected chi connectivity index (χ3v) is 2.73. The molecule has 1 heterocycles. The molecule has 13 heavy (non-hydrogen) atoms. The third kappa shape index (κ3) is 1.18. The quantitative estimate of drug-likeness (QED) is 0.736. The minimum Gasteiger partial charge on any atom is -0.295 e. The van der Waals surface area contributed by atoms with E-state index in [1.54, 1.807) is 19.2 Å². The molecule has 1 aromatic heterocycles. The Balaban J connectivity index is 3.06. The lowest BCUT2D eigenvalue weighted by molar-refractivity contribution is 0.631. The summed E-state index contributed by atoms with van der Waals surface area (Å²) in [5, 5.41) is 2.89. The first-order valence-corrected chi connectivity index (χ1v) is 4.72. The SMILES string of the molecule is Cn1[nH]c2ccc(I)c(F)c2c1=O. The third-order valence-electron chi connectivity index (χ3n) is 1.90. The first kappa shape index (κ1) is 8.74. The molecule has 1 N–H and O–H groups in total. The maximum absolute atomic E-state index is 13.4. The van der Waals surface area contributed by atoms with Gasteiger partial charge in [-0.15, -0.1) is 0 Å². The molecule has 2 rings (SSSR count). The van der Waals surface area contributed by atoms with Crippen molar-refractivity contribution in [1.82, 2.24) is 9.78 Å². The Morgan fingerprint density at radius 1 is 1.54 bits per heavy atom. The van der Waals surface area contributed by atoms with Gasteiger partial charge in [-0.3, -0.25) is 14.6 Å². The van der Waals surface area contributed by atoms with Crippen LogP contribution >= 0.6 is 22.6 Å². The number of hydrogen-bond donors (Lipinski definition) is 1. The number of rotatable bonds is 0. The van der Waals surface area contributed by atoms with Gasteiger partial charge >= 0.3 is 0 Å². The standard InChI is InChI=1S/C8H6FIN2O/c1-12-8(13)6-5(11-12)3-2-4(10)7(6)9/h2-3,11H,1H3. The van der Waals surface area contributed by atoms with E-state index in [9.17, 15) is 9.18 Å². The minimum atomic E-state index is -0.444. The van der Waals surface area contributed by atoms with Crippen LogP contribution in [-0.2, 0) is 7.05 Å². The molecule has 0 spiro atoms. The van der Waals surface area contributed by atoms with Gasteiger partial charge in [0.25, 0.3) is 5.56 Å². The number of hydrogen-bond acceptors (Lipinski definition) is 1. The zero-order valence-electron chi connectivity index (χ0n) is 6.77. The van der Waals surface area contributed by atoms with E-state index >= 15 is 0 Å². The van der Waals surface area contributed by atoms with Gasteiger partial charge in [-0.2, -0.15) is 0 Å². The van der Waals surface area contributed by atoms with E-state index < -0.39 is 5.82 Å². The maximum atomic E-state index is 13.4. The largest absolute Gasteiger partial charge is 0.295 e. The fourth-order valence-electron chi connectivity index (χ4n) is 1.25. The molecule has 1 aromatic carbocycles. The number of halogens is 2. The Morgan fingerprint density at radius 2 is 2.23 bits per heavy atom. The molecule has 68 valence electrons. The van der Waals surface area contributed by atoms with Gasteiger partial charge in [-0.1, -0.05) is 0 Å². The van der Waals surface area contributed by atoms with Crippen molar-refractivity contribution in [1.29, 1.82) is 0 Å². The number of aromatic nitrogens is 2. The number of aryl methyl sites for hydroxylation is 1. The van der Waals surface area contributed by atoms with Gasteiger partial charge in [0.15, 0.2) is 5.82 Å². The number of aromatic amines is 1. The fourth-order valence-corrected chi connectivity index (χ4v) is 1.70. The van der Waals surface area contributed by atoms with Crippen LogP contribution < -0.4 is 5.56 Å². The van der Waals surface area contributed by atoms with E-state index in [0.717, 1.165) is 0 Å². The summed E-state index contributed by atoms with van der Waals surface area (Å²) in [6, 6.07) is 3.33. The molecule has 3 nitrogen and oxygen atoms in total. The first-order valence-electron chi connectivity index (χ1n) is 3.64. The van der Waals surface area contributed by atoms with Crippen molar-refractivity contribution in [2.45, 2.75) is 0 Å². The average Bonchev–Trinajstić information content (AvgIpc) is 2.37. The van der Waals surface area contributed by atoms with Gasteiger partial charge in [0, 0.05) is 10.6 Å². The monoisotopic (exact) mass is 292 g/mol. The van der Waals surface area contributed by atoms with Crippen LogP contribution in [0, 0.1) is 9.39 Å². The molecule has 0 unspecified atom stereocenters. The summed E-state index contributed by atoms with van der Waals surface area (Å²) in [4.78, 5) is 11.4. The molecule has 0 aliphatic carbocycles. The van der Waals surface area contributed by atoms with Crippen molar-refractivity contribution in [2.75, 3.05) is 0 Å². The van der Waals surface area contributed by atoms with E-state index in [-0.39, 0.29) is 10.9 Å². The van der Waals surface area contributed by atoms with Crippen LogP contribution in [0.1, 0.15) is 0 Å². The molecule has 0 fully saturated rings. The molecule has 0 amide bonds.